The van der Waals surface area contributed by atoms with Gasteiger partial charge < -0.3 is 9.64 Å². The van der Waals surface area contributed by atoms with Gasteiger partial charge in [-0.1, -0.05) is 47.1 Å². The molecule has 1 amide bonds. The van der Waals surface area contributed by atoms with E-state index in [1.165, 1.54) is 18.9 Å². The second-order valence-corrected chi connectivity index (χ2v) is 11.3. The molecule has 2 aliphatic heterocycles. The van der Waals surface area contributed by atoms with Crippen LogP contribution in [0.3, 0.4) is 0 Å². The second-order valence-electron chi connectivity index (χ2n) is 7.08. The van der Waals surface area contributed by atoms with Gasteiger partial charge in [-0.25, -0.2) is 8.42 Å². The Labute approximate surface area is 189 Å². The monoisotopic (exact) mass is 484 g/mol. The summed E-state index contributed by atoms with van der Waals surface area (Å²) in [7, 11) is -1.62. The molecule has 2 aromatic rings. The number of carbonyl (C=O) groups is 1. The number of anilines is 1. The predicted molar refractivity (Wildman–Crippen MR) is 122 cm³/mol. The lowest BCUT2D eigenvalue weighted by Crippen LogP contribution is -2.37. The average Bonchev–Trinajstić information content (AvgIpc) is 3.14. The molecule has 0 bridgehead atoms. The Bertz CT molecular complexity index is 1120. The third kappa shape index (κ3) is 4.46. The van der Waals surface area contributed by atoms with Gasteiger partial charge in [0.2, 0.25) is 0 Å². The number of halogens is 2. The Kier molecular flexibility index (Phi) is 6.03. The largest absolute Gasteiger partial charge is 0.495 e. The maximum Gasteiger partial charge on any atom is 0.252 e. The van der Waals surface area contributed by atoms with E-state index in [-0.39, 0.29) is 35.1 Å². The zero-order valence-corrected chi connectivity index (χ0v) is 19.1. The topological polar surface area (TPSA) is 76.0 Å². The van der Waals surface area contributed by atoms with Gasteiger partial charge in [-0.05, 0) is 35.9 Å². The number of hydrogen-bond acceptors (Lipinski definition) is 5. The summed E-state index contributed by atoms with van der Waals surface area (Å²) in [6.07, 6.45) is 0.131. The van der Waals surface area contributed by atoms with E-state index in [9.17, 15) is 13.2 Å². The summed E-state index contributed by atoms with van der Waals surface area (Å²) >= 11 is 13.5. The molecule has 10 heteroatoms. The normalized spacial score (nSPS) is 23.6. The molecule has 2 heterocycles. The van der Waals surface area contributed by atoms with Gasteiger partial charge in [0.1, 0.15) is 5.75 Å². The molecule has 2 saturated heterocycles. The van der Waals surface area contributed by atoms with Crippen molar-refractivity contribution in [1.82, 2.24) is 0 Å². The van der Waals surface area contributed by atoms with Crippen LogP contribution < -0.4 is 9.64 Å². The van der Waals surface area contributed by atoms with Crippen LogP contribution in [0.25, 0.3) is 0 Å². The first kappa shape index (κ1) is 21.5. The maximum atomic E-state index is 12.6. The van der Waals surface area contributed by atoms with Crippen LogP contribution in [-0.2, 0) is 21.1 Å². The molecule has 158 valence electrons. The second kappa shape index (κ2) is 8.42. The van der Waals surface area contributed by atoms with E-state index >= 15 is 0 Å². The van der Waals surface area contributed by atoms with Crippen molar-refractivity contribution in [2.75, 3.05) is 23.5 Å². The Balaban J connectivity index is 1.65. The van der Waals surface area contributed by atoms with Gasteiger partial charge in [0.25, 0.3) is 5.91 Å². The number of methoxy groups -OCH3 is 1. The van der Waals surface area contributed by atoms with Crippen LogP contribution in [0, 0.1) is 0 Å². The number of amides is 1. The van der Waals surface area contributed by atoms with Crippen LogP contribution in [-0.4, -0.2) is 49.4 Å². The molecule has 0 aromatic heterocycles. The minimum Gasteiger partial charge on any atom is -0.495 e. The number of amidine groups is 1. The number of carbonyl (C=O) groups excluding carboxylic acids is 1. The summed E-state index contributed by atoms with van der Waals surface area (Å²) in [4.78, 5) is 18.7. The standard InChI is InChI=1S/C20H18Cl2N2O4S2/c1-28-17-7-6-14(9-15(17)22)24-16-10-30(26,27)11-18(16)29-20(24)23-19(25)8-12-2-4-13(21)5-3-12/h2-7,9,16,18H,8,10-11H2,1H3/t16-,18+/m1/s1. The third-order valence-corrected chi connectivity index (χ3v) is 8.73. The Morgan fingerprint density at radius 3 is 2.60 bits per heavy atom. The minimum absolute atomic E-state index is 0.0126. The smallest absolute Gasteiger partial charge is 0.252 e. The van der Waals surface area contributed by atoms with E-state index < -0.39 is 9.84 Å². The SMILES string of the molecule is COc1ccc(N2C(=NC(=O)Cc3ccc(Cl)cc3)S[C@H]3CS(=O)(=O)C[C@H]32)cc1Cl. The summed E-state index contributed by atoms with van der Waals surface area (Å²) in [6, 6.07) is 11.9. The van der Waals surface area contributed by atoms with Crippen LogP contribution in [0.1, 0.15) is 5.56 Å². The van der Waals surface area contributed by atoms with E-state index in [0.29, 0.717) is 26.6 Å². The number of benzene rings is 2. The predicted octanol–water partition coefficient (Wildman–Crippen LogP) is 3.85. The number of rotatable bonds is 4. The van der Waals surface area contributed by atoms with Gasteiger partial charge in [-0.2, -0.15) is 4.99 Å². The number of sulfone groups is 1. The molecule has 0 N–H and O–H groups in total. The van der Waals surface area contributed by atoms with Gasteiger partial charge in [-0.15, -0.1) is 0 Å². The lowest BCUT2D eigenvalue weighted by molar-refractivity contribution is -0.117. The van der Waals surface area contributed by atoms with Gasteiger partial charge in [0.15, 0.2) is 15.0 Å². The highest BCUT2D eigenvalue weighted by Gasteiger charge is 2.49. The molecule has 2 atom stereocenters. The fourth-order valence-electron chi connectivity index (χ4n) is 3.59. The van der Waals surface area contributed by atoms with Crippen molar-refractivity contribution in [1.29, 1.82) is 0 Å². The Morgan fingerprint density at radius 2 is 1.93 bits per heavy atom. The molecule has 0 radical (unpaired) electrons. The van der Waals surface area contributed by atoms with E-state index in [2.05, 4.69) is 4.99 Å². The quantitative estimate of drug-likeness (QED) is 0.655. The van der Waals surface area contributed by atoms with Gasteiger partial charge in [0, 0.05) is 16.0 Å². The van der Waals surface area contributed by atoms with Crippen LogP contribution in [0.2, 0.25) is 10.0 Å². The first-order valence-corrected chi connectivity index (χ1v) is 12.6. The number of nitrogens with zero attached hydrogens (tertiary/aromatic N) is 2. The molecule has 2 aromatic carbocycles. The summed E-state index contributed by atoms with van der Waals surface area (Å²) in [5, 5.41) is 1.30. The van der Waals surface area contributed by atoms with Crippen LogP contribution in [0.5, 0.6) is 5.75 Å². The average molecular weight is 485 g/mol. The maximum absolute atomic E-state index is 12.6. The van der Waals surface area contributed by atoms with Crippen molar-refractivity contribution in [3.05, 3.63) is 58.1 Å². The zero-order valence-electron chi connectivity index (χ0n) is 15.9. The fraction of sp³-hybridized carbons (Fsp3) is 0.300. The van der Waals surface area contributed by atoms with E-state index in [1.54, 1.807) is 42.5 Å². The van der Waals surface area contributed by atoms with E-state index in [4.69, 9.17) is 27.9 Å². The molecule has 4 rings (SSSR count). The van der Waals surface area contributed by atoms with Crippen molar-refractivity contribution in [3.63, 3.8) is 0 Å². The molecule has 30 heavy (non-hydrogen) atoms. The van der Waals surface area contributed by atoms with E-state index in [0.717, 1.165) is 5.56 Å². The molecule has 6 nitrogen and oxygen atoms in total. The third-order valence-electron chi connectivity index (χ3n) is 4.97. The lowest BCUT2D eigenvalue weighted by atomic mass is 10.1. The molecule has 0 aliphatic carbocycles. The van der Waals surface area contributed by atoms with Gasteiger partial charge >= 0.3 is 0 Å². The molecular weight excluding hydrogens is 467 g/mol. The van der Waals surface area contributed by atoms with Crippen LogP contribution >= 0.6 is 35.0 Å². The fourth-order valence-corrected chi connectivity index (χ4v) is 7.90. The summed E-state index contributed by atoms with van der Waals surface area (Å²) in [6.45, 7) is 0. The van der Waals surface area contributed by atoms with Gasteiger partial charge in [0.05, 0.1) is 36.1 Å². The highest BCUT2D eigenvalue weighted by Crippen LogP contribution is 2.42. The van der Waals surface area contributed by atoms with Crippen LogP contribution in [0.4, 0.5) is 5.69 Å². The number of fused-ring (bicyclic) bond motifs is 1. The van der Waals surface area contributed by atoms with E-state index in [1.807, 2.05) is 4.90 Å². The Morgan fingerprint density at radius 1 is 1.20 bits per heavy atom. The van der Waals surface area contributed by atoms with Gasteiger partial charge in [-0.3, -0.25) is 4.79 Å². The number of ether oxygens (including phenoxy) is 1. The number of hydrogen-bond donors (Lipinski definition) is 0. The molecule has 0 spiro atoms. The first-order valence-electron chi connectivity index (χ1n) is 9.11. The molecule has 0 saturated carbocycles. The first-order chi connectivity index (χ1) is 14.3. The highest BCUT2D eigenvalue weighted by molar-refractivity contribution is 8.16. The summed E-state index contributed by atoms with van der Waals surface area (Å²) in [5.41, 5.74) is 1.48. The molecule has 2 aliphatic rings. The van der Waals surface area contributed by atoms with Crippen molar-refractivity contribution in [2.24, 2.45) is 4.99 Å². The van der Waals surface area contributed by atoms with Crippen molar-refractivity contribution in [2.45, 2.75) is 17.7 Å². The lowest BCUT2D eigenvalue weighted by Gasteiger charge is -2.25. The summed E-state index contributed by atoms with van der Waals surface area (Å²) < 4.78 is 29.6. The molecule has 0 unspecified atom stereocenters. The van der Waals surface area contributed by atoms with Crippen molar-refractivity contribution >= 4 is 61.6 Å². The Hall–Kier alpha value is -1.74. The van der Waals surface area contributed by atoms with Crippen LogP contribution in [0.15, 0.2) is 47.5 Å². The zero-order chi connectivity index (χ0) is 21.5. The number of aliphatic imine (C=N–C) groups is 1. The minimum atomic E-state index is -3.15. The summed E-state index contributed by atoms with van der Waals surface area (Å²) in [5.74, 6) is 0.277. The van der Waals surface area contributed by atoms with Crippen molar-refractivity contribution < 1.29 is 17.9 Å². The van der Waals surface area contributed by atoms with Crippen molar-refractivity contribution in [3.8, 4) is 5.75 Å². The number of thioether (sulfide) groups is 1. The molecule has 2 fully saturated rings. The highest BCUT2D eigenvalue weighted by atomic mass is 35.5. The molecular formula is C20H18Cl2N2O4S2.